The first kappa shape index (κ1) is 27.7. The zero-order valence-electron chi connectivity index (χ0n) is 18.7. The van der Waals surface area contributed by atoms with Crippen LogP contribution in [0, 0.1) is 0 Å². The van der Waals surface area contributed by atoms with Gasteiger partial charge in [0.05, 0.1) is 17.7 Å². The third-order valence-electron chi connectivity index (χ3n) is 5.14. The average molecular weight is 462 g/mol. The van der Waals surface area contributed by atoms with Crippen molar-refractivity contribution in [3.05, 3.63) is 71.8 Å². The van der Waals surface area contributed by atoms with E-state index in [-0.39, 0.29) is 24.3 Å². The zero-order chi connectivity index (χ0) is 22.2. The van der Waals surface area contributed by atoms with E-state index in [1.807, 2.05) is 36.4 Å². The van der Waals surface area contributed by atoms with Crippen LogP contribution >= 0.6 is 12.4 Å². The highest BCUT2D eigenvalue weighted by molar-refractivity contribution is 5.89. The summed E-state index contributed by atoms with van der Waals surface area (Å²) in [6.07, 6.45) is 10.2. The first-order valence-corrected chi connectivity index (χ1v) is 11.4. The largest absolute Gasteiger partial charge is 0.462 e. The van der Waals surface area contributed by atoms with Crippen LogP contribution in [-0.4, -0.2) is 24.8 Å². The predicted octanol–water partition coefficient (Wildman–Crippen LogP) is 6.31. The normalized spacial score (nSPS) is 11.3. The van der Waals surface area contributed by atoms with Crippen LogP contribution in [0.2, 0.25) is 0 Å². The maximum atomic E-state index is 11.9. The molecule has 32 heavy (non-hydrogen) atoms. The van der Waals surface area contributed by atoms with Crippen LogP contribution in [0.25, 0.3) is 0 Å². The van der Waals surface area contributed by atoms with Crippen LogP contribution in [0.3, 0.4) is 0 Å². The molecule has 2 rings (SSSR count). The second-order valence-electron chi connectivity index (χ2n) is 7.78. The Kier molecular flexibility index (Phi) is 14.9. The number of unbranched alkanes of at least 4 members (excludes halogenated alkanes) is 8. The molecule has 0 saturated heterocycles. The van der Waals surface area contributed by atoms with Crippen molar-refractivity contribution in [2.24, 2.45) is 5.73 Å². The molecular weight excluding hydrogens is 426 g/mol. The van der Waals surface area contributed by atoms with E-state index in [4.69, 9.17) is 15.2 Å². The molecule has 0 amide bonds. The molecule has 0 fully saturated rings. The van der Waals surface area contributed by atoms with E-state index in [2.05, 4.69) is 0 Å². The van der Waals surface area contributed by atoms with Crippen molar-refractivity contribution in [2.45, 2.75) is 70.4 Å². The van der Waals surface area contributed by atoms with Gasteiger partial charge < -0.3 is 9.47 Å². The lowest BCUT2D eigenvalue weighted by atomic mass is 10.1. The number of halogens is 1. The molecule has 0 aliphatic rings. The highest BCUT2D eigenvalue weighted by atomic mass is 35.5. The van der Waals surface area contributed by atoms with Crippen LogP contribution < -0.4 is 5.73 Å². The number of benzene rings is 2. The average Bonchev–Trinajstić information content (AvgIpc) is 2.80. The summed E-state index contributed by atoms with van der Waals surface area (Å²) < 4.78 is 10.6. The smallest absolute Gasteiger partial charge is 0.339 e. The Balaban J connectivity index is 0.00000512. The molecule has 0 bridgehead atoms. The highest BCUT2D eigenvalue weighted by Crippen LogP contribution is 2.12. The summed E-state index contributed by atoms with van der Waals surface area (Å²) in [5.74, 6) is -0.599. The molecule has 5 nitrogen and oxygen atoms in total. The number of ether oxygens (including phenoxy) is 2. The van der Waals surface area contributed by atoms with Gasteiger partial charge in [-0.2, -0.15) is 0 Å². The van der Waals surface area contributed by atoms with Crippen molar-refractivity contribution in [3.8, 4) is 0 Å². The van der Waals surface area contributed by atoms with Gasteiger partial charge in [-0.3, -0.25) is 5.73 Å². The van der Waals surface area contributed by atoms with Gasteiger partial charge >= 0.3 is 11.9 Å². The van der Waals surface area contributed by atoms with Crippen molar-refractivity contribution in [3.63, 3.8) is 0 Å². The molecule has 0 aliphatic carbocycles. The molecule has 1 atom stereocenters. The molecule has 0 heterocycles. The monoisotopic (exact) mass is 461 g/mol. The van der Waals surface area contributed by atoms with Gasteiger partial charge in [-0.1, -0.05) is 81.3 Å². The van der Waals surface area contributed by atoms with E-state index in [1.54, 1.807) is 24.3 Å². The van der Waals surface area contributed by atoms with Crippen molar-refractivity contribution in [2.75, 3.05) is 6.61 Å². The van der Waals surface area contributed by atoms with Gasteiger partial charge in [0.25, 0.3) is 0 Å². The first-order chi connectivity index (χ1) is 15.2. The molecule has 0 saturated carbocycles. The lowest BCUT2D eigenvalue weighted by molar-refractivity contribution is 0.0291. The van der Waals surface area contributed by atoms with Crippen molar-refractivity contribution in [1.82, 2.24) is 0 Å². The quantitative estimate of drug-likeness (QED) is 0.191. The standard InChI is InChI=1S/C26H35NO4.ClH/c27-24(31-26(29)23-18-12-9-13-19-23)20-14-6-4-2-1-3-5-7-15-21-30-25(28)22-16-10-8-11-17-22;/h8-13,16-19,24H,1-7,14-15,20-21,27H2;1H. The first-order valence-electron chi connectivity index (χ1n) is 11.4. The number of rotatable bonds is 15. The Labute approximate surface area is 198 Å². The molecule has 6 heteroatoms. The Morgan fingerprint density at radius 2 is 1.09 bits per heavy atom. The Bertz CT molecular complexity index is 755. The highest BCUT2D eigenvalue weighted by Gasteiger charge is 2.11. The molecule has 0 radical (unpaired) electrons. The summed E-state index contributed by atoms with van der Waals surface area (Å²) in [7, 11) is 0. The maximum Gasteiger partial charge on any atom is 0.339 e. The molecule has 0 aromatic heterocycles. The zero-order valence-corrected chi connectivity index (χ0v) is 19.6. The van der Waals surface area contributed by atoms with Gasteiger partial charge in [-0.15, -0.1) is 12.4 Å². The van der Waals surface area contributed by atoms with E-state index >= 15 is 0 Å². The Hall–Kier alpha value is -2.37. The number of carbonyl (C=O) groups is 2. The van der Waals surface area contributed by atoms with E-state index < -0.39 is 6.23 Å². The summed E-state index contributed by atoms with van der Waals surface area (Å²) in [4.78, 5) is 23.7. The summed E-state index contributed by atoms with van der Waals surface area (Å²) in [6, 6.07) is 18.0. The van der Waals surface area contributed by atoms with Crippen LogP contribution in [0.4, 0.5) is 0 Å². The molecule has 1 unspecified atom stereocenters. The number of esters is 2. The Morgan fingerprint density at radius 1 is 0.656 bits per heavy atom. The number of hydrogen-bond acceptors (Lipinski definition) is 5. The third-order valence-corrected chi connectivity index (χ3v) is 5.14. The third kappa shape index (κ3) is 11.9. The summed E-state index contributed by atoms with van der Waals surface area (Å²) in [6.45, 7) is 0.489. The van der Waals surface area contributed by atoms with Crippen molar-refractivity contribution < 1.29 is 19.1 Å². The van der Waals surface area contributed by atoms with Crippen molar-refractivity contribution >= 4 is 24.3 Å². The number of carbonyl (C=O) groups excluding carboxylic acids is 2. The molecule has 2 N–H and O–H groups in total. The molecule has 0 aliphatic heterocycles. The molecule has 176 valence electrons. The fourth-order valence-electron chi connectivity index (χ4n) is 3.35. The number of nitrogens with two attached hydrogens (primary N) is 1. The van der Waals surface area contributed by atoms with Crippen LogP contribution in [0.15, 0.2) is 60.7 Å². The van der Waals surface area contributed by atoms with Gasteiger partial charge in [0.2, 0.25) is 0 Å². The Morgan fingerprint density at radius 3 is 1.62 bits per heavy atom. The van der Waals surface area contributed by atoms with Gasteiger partial charge in [-0.25, -0.2) is 9.59 Å². The lowest BCUT2D eigenvalue weighted by Gasteiger charge is -2.13. The molecular formula is C26H36ClNO4. The second-order valence-corrected chi connectivity index (χ2v) is 7.78. The van der Waals surface area contributed by atoms with Crippen LogP contribution in [-0.2, 0) is 9.47 Å². The van der Waals surface area contributed by atoms with Gasteiger partial charge in [0, 0.05) is 0 Å². The summed E-state index contributed by atoms with van der Waals surface area (Å²) >= 11 is 0. The summed E-state index contributed by atoms with van der Waals surface area (Å²) in [5.41, 5.74) is 7.05. The van der Waals surface area contributed by atoms with Gasteiger partial charge in [0.15, 0.2) is 6.23 Å². The van der Waals surface area contributed by atoms with Gasteiger partial charge in [0.1, 0.15) is 0 Å². The minimum atomic E-state index is -0.538. The summed E-state index contributed by atoms with van der Waals surface area (Å²) in [5, 5.41) is 0. The lowest BCUT2D eigenvalue weighted by Crippen LogP contribution is -2.27. The minimum absolute atomic E-state index is 0. The van der Waals surface area contributed by atoms with Crippen LogP contribution in [0.1, 0.15) is 84.9 Å². The van der Waals surface area contributed by atoms with E-state index in [0.717, 1.165) is 25.7 Å². The van der Waals surface area contributed by atoms with Crippen molar-refractivity contribution in [1.29, 1.82) is 0 Å². The maximum absolute atomic E-state index is 11.9. The van der Waals surface area contributed by atoms with E-state index in [9.17, 15) is 9.59 Å². The second kappa shape index (κ2) is 17.2. The minimum Gasteiger partial charge on any atom is -0.462 e. The molecule has 2 aromatic rings. The topological polar surface area (TPSA) is 78.6 Å². The fraction of sp³-hybridized carbons (Fsp3) is 0.462. The van der Waals surface area contributed by atoms with Crippen LogP contribution in [0.5, 0.6) is 0 Å². The van der Waals surface area contributed by atoms with E-state index in [1.165, 1.54) is 32.1 Å². The SMILES string of the molecule is Cl.NC(CCCCCCCCCCCOC(=O)c1ccccc1)OC(=O)c1ccccc1. The number of hydrogen-bond donors (Lipinski definition) is 1. The molecule has 2 aromatic carbocycles. The predicted molar refractivity (Wildman–Crippen MR) is 130 cm³/mol. The molecule has 0 spiro atoms. The van der Waals surface area contributed by atoms with E-state index in [0.29, 0.717) is 24.2 Å². The fourth-order valence-corrected chi connectivity index (χ4v) is 3.35. The van der Waals surface area contributed by atoms with Gasteiger partial charge in [-0.05, 0) is 43.5 Å².